The molecule has 1 aromatic carbocycles. The Bertz CT molecular complexity index is 598. The van der Waals surface area contributed by atoms with Crippen LogP contribution in [0.2, 0.25) is 0 Å². The second kappa shape index (κ2) is 6.69. The van der Waals surface area contributed by atoms with E-state index in [0.29, 0.717) is 4.47 Å². The normalized spacial score (nSPS) is 13.3. The first-order valence-corrected chi connectivity index (χ1v) is 8.37. The average molecular weight is 364 g/mol. The summed E-state index contributed by atoms with van der Waals surface area (Å²) in [6.45, 7) is 5.64. The van der Waals surface area contributed by atoms with Crippen LogP contribution in [0.4, 0.5) is 0 Å². The monoisotopic (exact) mass is 363 g/mol. The molecule has 0 amide bonds. The van der Waals surface area contributed by atoms with Crippen LogP contribution in [-0.2, 0) is 14.8 Å². The summed E-state index contributed by atoms with van der Waals surface area (Å²) >= 11 is 3.20. The third kappa shape index (κ3) is 4.04. The van der Waals surface area contributed by atoms with Gasteiger partial charge in [-0.2, -0.15) is 0 Å². The van der Waals surface area contributed by atoms with Crippen molar-refractivity contribution < 1.29 is 17.9 Å². The second-order valence-corrected chi connectivity index (χ2v) is 7.36. The molecule has 1 rings (SSSR count). The fourth-order valence-electron chi connectivity index (χ4n) is 1.39. The maximum Gasteiger partial charge on any atom is 0.339 e. The van der Waals surface area contributed by atoms with E-state index in [1.807, 2.05) is 13.8 Å². The van der Waals surface area contributed by atoms with Crippen molar-refractivity contribution >= 4 is 31.9 Å². The number of methoxy groups -OCH3 is 1. The van der Waals surface area contributed by atoms with Crippen molar-refractivity contribution in [2.24, 2.45) is 5.92 Å². The number of benzene rings is 1. The molecule has 7 heteroatoms. The summed E-state index contributed by atoms with van der Waals surface area (Å²) in [7, 11) is -2.42. The molecule has 0 spiro atoms. The minimum absolute atomic E-state index is 0.0357. The summed E-state index contributed by atoms with van der Waals surface area (Å²) in [5.41, 5.74) is 0.174. The van der Waals surface area contributed by atoms with Crippen molar-refractivity contribution in [2.45, 2.75) is 31.7 Å². The topological polar surface area (TPSA) is 72.5 Å². The lowest BCUT2D eigenvalue weighted by molar-refractivity contribution is 0.0599. The molecule has 0 heterocycles. The van der Waals surface area contributed by atoms with E-state index in [1.165, 1.54) is 25.3 Å². The molecule has 0 fully saturated rings. The Morgan fingerprint density at radius 3 is 2.40 bits per heavy atom. The minimum atomic E-state index is -3.66. The van der Waals surface area contributed by atoms with Crippen LogP contribution in [0.1, 0.15) is 31.1 Å². The van der Waals surface area contributed by atoms with Crippen molar-refractivity contribution in [3.05, 3.63) is 28.2 Å². The van der Waals surface area contributed by atoms with Gasteiger partial charge in [0, 0.05) is 10.5 Å². The molecule has 0 aliphatic heterocycles. The summed E-state index contributed by atoms with van der Waals surface area (Å²) in [6, 6.07) is 4.04. The molecular formula is C13H18BrNO4S. The van der Waals surface area contributed by atoms with E-state index in [1.54, 1.807) is 6.92 Å². The van der Waals surface area contributed by atoms with E-state index < -0.39 is 16.0 Å². The number of ether oxygens (including phenoxy) is 1. The highest BCUT2D eigenvalue weighted by atomic mass is 79.9. The van der Waals surface area contributed by atoms with Gasteiger partial charge in [-0.15, -0.1) is 0 Å². The number of sulfonamides is 1. The molecule has 0 bridgehead atoms. The van der Waals surface area contributed by atoms with Crippen molar-refractivity contribution in [3.8, 4) is 0 Å². The van der Waals surface area contributed by atoms with E-state index in [-0.39, 0.29) is 22.4 Å². The Labute approximate surface area is 127 Å². The quantitative estimate of drug-likeness (QED) is 0.815. The molecule has 1 atom stereocenters. The molecule has 1 aromatic rings. The van der Waals surface area contributed by atoms with Gasteiger partial charge in [-0.05, 0) is 47.0 Å². The number of esters is 1. The van der Waals surface area contributed by atoms with Gasteiger partial charge >= 0.3 is 5.97 Å². The fraction of sp³-hybridized carbons (Fsp3) is 0.462. The number of carbonyl (C=O) groups is 1. The van der Waals surface area contributed by atoms with E-state index in [9.17, 15) is 13.2 Å². The Morgan fingerprint density at radius 2 is 1.90 bits per heavy atom. The standard InChI is InChI=1S/C13H18BrNO4S/c1-8(2)9(3)15-20(17,18)10-5-6-12(14)11(7-10)13(16)19-4/h5-9,15H,1-4H3/t9-/m1/s1. The first-order chi connectivity index (χ1) is 9.19. The summed E-state index contributed by atoms with van der Waals surface area (Å²) in [5, 5.41) is 0. The van der Waals surface area contributed by atoms with Gasteiger partial charge in [0.15, 0.2) is 0 Å². The van der Waals surface area contributed by atoms with Gasteiger partial charge < -0.3 is 4.74 Å². The zero-order valence-corrected chi connectivity index (χ0v) is 14.2. The SMILES string of the molecule is COC(=O)c1cc(S(=O)(=O)N[C@H](C)C(C)C)ccc1Br. The average Bonchev–Trinajstić information content (AvgIpc) is 2.37. The highest BCUT2D eigenvalue weighted by Gasteiger charge is 2.21. The van der Waals surface area contributed by atoms with Crippen molar-refractivity contribution in [3.63, 3.8) is 0 Å². The van der Waals surface area contributed by atoms with E-state index in [2.05, 4.69) is 25.4 Å². The largest absolute Gasteiger partial charge is 0.465 e. The number of hydrogen-bond donors (Lipinski definition) is 1. The van der Waals surface area contributed by atoms with Crippen LogP contribution in [0.3, 0.4) is 0 Å². The van der Waals surface area contributed by atoms with Crippen LogP contribution in [0.15, 0.2) is 27.6 Å². The molecule has 0 radical (unpaired) electrons. The van der Waals surface area contributed by atoms with Gasteiger partial charge in [-0.1, -0.05) is 13.8 Å². The fourth-order valence-corrected chi connectivity index (χ4v) is 3.21. The van der Waals surface area contributed by atoms with E-state index in [0.717, 1.165) is 0 Å². The number of nitrogens with one attached hydrogen (secondary N) is 1. The van der Waals surface area contributed by atoms with Gasteiger partial charge in [-0.25, -0.2) is 17.9 Å². The maximum atomic E-state index is 12.2. The molecule has 0 aromatic heterocycles. The van der Waals surface area contributed by atoms with Crippen LogP contribution >= 0.6 is 15.9 Å². The van der Waals surface area contributed by atoms with Crippen LogP contribution in [0.5, 0.6) is 0 Å². The maximum absolute atomic E-state index is 12.2. The lowest BCUT2D eigenvalue weighted by Crippen LogP contribution is -2.36. The lowest BCUT2D eigenvalue weighted by atomic mass is 10.1. The Kier molecular flexibility index (Phi) is 5.73. The molecule has 1 N–H and O–H groups in total. The van der Waals surface area contributed by atoms with Crippen LogP contribution < -0.4 is 4.72 Å². The number of rotatable bonds is 5. The second-order valence-electron chi connectivity index (χ2n) is 4.79. The smallest absolute Gasteiger partial charge is 0.339 e. The molecular weight excluding hydrogens is 346 g/mol. The molecule has 5 nitrogen and oxygen atoms in total. The molecule has 20 heavy (non-hydrogen) atoms. The van der Waals surface area contributed by atoms with Crippen molar-refractivity contribution in [2.75, 3.05) is 7.11 Å². The number of carbonyl (C=O) groups excluding carboxylic acids is 1. The van der Waals surface area contributed by atoms with E-state index in [4.69, 9.17) is 0 Å². The zero-order valence-electron chi connectivity index (χ0n) is 11.8. The molecule has 0 aliphatic carbocycles. The van der Waals surface area contributed by atoms with Gasteiger partial charge in [-0.3, -0.25) is 0 Å². The van der Waals surface area contributed by atoms with Gasteiger partial charge in [0.1, 0.15) is 0 Å². The van der Waals surface area contributed by atoms with Crippen LogP contribution in [0, 0.1) is 5.92 Å². The Morgan fingerprint density at radius 1 is 1.30 bits per heavy atom. The molecule has 0 saturated carbocycles. The first-order valence-electron chi connectivity index (χ1n) is 6.09. The molecule has 0 saturated heterocycles. The zero-order chi connectivity index (χ0) is 15.5. The predicted octanol–water partition coefficient (Wildman–Crippen LogP) is 2.56. The molecule has 112 valence electrons. The molecule has 0 unspecified atom stereocenters. The lowest BCUT2D eigenvalue weighted by Gasteiger charge is -2.17. The predicted molar refractivity (Wildman–Crippen MR) is 80.1 cm³/mol. The Balaban J connectivity index is 3.17. The summed E-state index contributed by atoms with van der Waals surface area (Å²) < 4.78 is 32.2. The van der Waals surface area contributed by atoms with Gasteiger partial charge in [0.05, 0.1) is 17.6 Å². The van der Waals surface area contributed by atoms with Gasteiger partial charge in [0.25, 0.3) is 0 Å². The summed E-state index contributed by atoms with van der Waals surface area (Å²) in [5.74, 6) is -0.425. The third-order valence-electron chi connectivity index (χ3n) is 2.99. The summed E-state index contributed by atoms with van der Waals surface area (Å²) in [4.78, 5) is 11.6. The van der Waals surface area contributed by atoms with Crippen molar-refractivity contribution in [1.82, 2.24) is 4.72 Å². The molecule has 0 aliphatic rings. The van der Waals surface area contributed by atoms with Crippen LogP contribution in [-0.4, -0.2) is 27.5 Å². The number of halogens is 1. The van der Waals surface area contributed by atoms with E-state index >= 15 is 0 Å². The van der Waals surface area contributed by atoms with Crippen molar-refractivity contribution in [1.29, 1.82) is 0 Å². The highest BCUT2D eigenvalue weighted by Crippen LogP contribution is 2.22. The first kappa shape index (κ1) is 17.1. The number of hydrogen-bond acceptors (Lipinski definition) is 4. The van der Waals surface area contributed by atoms with Gasteiger partial charge in [0.2, 0.25) is 10.0 Å². The Hall–Kier alpha value is -0.920. The third-order valence-corrected chi connectivity index (χ3v) is 5.24. The van der Waals surface area contributed by atoms with Crippen LogP contribution in [0.25, 0.3) is 0 Å². The minimum Gasteiger partial charge on any atom is -0.465 e. The summed E-state index contributed by atoms with van der Waals surface area (Å²) in [6.07, 6.45) is 0. The highest BCUT2D eigenvalue weighted by molar-refractivity contribution is 9.10.